The van der Waals surface area contributed by atoms with Gasteiger partial charge in [-0.3, -0.25) is 9.36 Å². The van der Waals surface area contributed by atoms with Gasteiger partial charge in [0.05, 0.1) is 17.1 Å². The average Bonchev–Trinajstić information content (AvgIpc) is 3.17. The van der Waals surface area contributed by atoms with Crippen LogP contribution in [0.3, 0.4) is 0 Å². The number of pyridine rings is 2. The van der Waals surface area contributed by atoms with Crippen molar-refractivity contribution in [2.75, 3.05) is 18.0 Å². The van der Waals surface area contributed by atoms with E-state index in [-0.39, 0.29) is 11.6 Å². The molecule has 0 amide bonds. The molecule has 3 rings (SSSR count). The fourth-order valence-corrected chi connectivity index (χ4v) is 3.92. The minimum Gasteiger partial charge on any atom is -0.370 e. The highest BCUT2D eigenvalue weighted by atomic mass is 19.1. The standard InChI is InChI=1S/C26H34FN5O/c1-6-8-9-10-14-30(13-7-2)23-11-12-25(32(18-23)21(5)33)29-20(4)22-15-24(27)26-28-19(3)16-31(26)17-22/h11-12,15-18H,4,6-10,13-14H2,1-3,5H3. The highest BCUT2D eigenvalue weighted by Crippen LogP contribution is 2.19. The second kappa shape index (κ2) is 11.1. The Morgan fingerprint density at radius 2 is 1.91 bits per heavy atom. The Bertz CT molecular complexity index is 1210. The van der Waals surface area contributed by atoms with Crippen molar-refractivity contribution in [3.63, 3.8) is 0 Å². The van der Waals surface area contributed by atoms with Crippen LogP contribution in [0.1, 0.15) is 68.9 Å². The molecule has 3 aromatic rings. The minimum absolute atomic E-state index is 0.141. The second-order valence-corrected chi connectivity index (χ2v) is 8.43. The molecule has 7 heteroatoms. The van der Waals surface area contributed by atoms with E-state index in [9.17, 15) is 9.18 Å². The summed E-state index contributed by atoms with van der Waals surface area (Å²) in [4.78, 5) is 23.5. The zero-order chi connectivity index (χ0) is 24.0. The maximum atomic E-state index is 14.5. The average molecular weight is 452 g/mol. The van der Waals surface area contributed by atoms with Crippen LogP contribution in [0.4, 0.5) is 10.1 Å². The lowest BCUT2D eigenvalue weighted by atomic mass is 10.2. The van der Waals surface area contributed by atoms with Gasteiger partial charge in [0.25, 0.3) is 0 Å². The normalized spacial score (nSPS) is 11.8. The van der Waals surface area contributed by atoms with Gasteiger partial charge < -0.3 is 9.30 Å². The van der Waals surface area contributed by atoms with E-state index < -0.39 is 5.82 Å². The van der Waals surface area contributed by atoms with Crippen LogP contribution >= 0.6 is 0 Å². The van der Waals surface area contributed by atoms with Gasteiger partial charge in [0, 0.05) is 44.2 Å². The molecule has 0 fully saturated rings. The molecule has 0 aliphatic heterocycles. The predicted molar refractivity (Wildman–Crippen MR) is 132 cm³/mol. The minimum atomic E-state index is -0.440. The summed E-state index contributed by atoms with van der Waals surface area (Å²) in [5, 5.41) is 0. The third-order valence-corrected chi connectivity index (χ3v) is 5.60. The predicted octanol–water partition coefficient (Wildman–Crippen LogP) is 5.61. The summed E-state index contributed by atoms with van der Waals surface area (Å²) in [5.41, 5.74) is 3.34. The lowest BCUT2D eigenvalue weighted by Crippen LogP contribution is -2.30. The molecule has 0 atom stereocenters. The van der Waals surface area contributed by atoms with Crippen LogP contribution in [-0.4, -0.2) is 32.9 Å². The molecule has 0 saturated heterocycles. The van der Waals surface area contributed by atoms with Crippen molar-refractivity contribution in [3.05, 3.63) is 65.9 Å². The van der Waals surface area contributed by atoms with Crippen LogP contribution in [0.25, 0.3) is 11.3 Å². The van der Waals surface area contributed by atoms with Crippen molar-refractivity contribution in [2.24, 2.45) is 4.99 Å². The van der Waals surface area contributed by atoms with E-state index in [1.54, 1.807) is 16.8 Å². The smallest absolute Gasteiger partial charge is 0.229 e. The summed E-state index contributed by atoms with van der Waals surface area (Å²) in [7, 11) is 0. The van der Waals surface area contributed by atoms with Gasteiger partial charge >= 0.3 is 0 Å². The van der Waals surface area contributed by atoms with Crippen molar-refractivity contribution < 1.29 is 9.18 Å². The van der Waals surface area contributed by atoms with E-state index in [1.165, 1.54) is 36.8 Å². The van der Waals surface area contributed by atoms with Gasteiger partial charge in [0.2, 0.25) is 5.91 Å². The molecular formula is C26H34FN5O. The first kappa shape index (κ1) is 24.4. The van der Waals surface area contributed by atoms with Gasteiger partial charge in [-0.15, -0.1) is 0 Å². The summed E-state index contributed by atoms with van der Waals surface area (Å²) in [6, 6.07) is 5.19. The quantitative estimate of drug-likeness (QED) is 0.376. The van der Waals surface area contributed by atoms with Gasteiger partial charge in [0.1, 0.15) is 5.49 Å². The molecule has 0 radical (unpaired) electrons. The molecule has 6 nitrogen and oxygen atoms in total. The van der Waals surface area contributed by atoms with Crippen molar-refractivity contribution in [3.8, 4) is 0 Å². The lowest BCUT2D eigenvalue weighted by Gasteiger charge is -2.25. The Morgan fingerprint density at radius 3 is 2.61 bits per heavy atom. The van der Waals surface area contributed by atoms with Gasteiger partial charge in [-0.2, -0.15) is 0 Å². The third kappa shape index (κ3) is 5.97. The highest BCUT2D eigenvalue weighted by Gasteiger charge is 2.11. The van der Waals surface area contributed by atoms with E-state index in [0.717, 1.165) is 37.3 Å². The fraction of sp³-hybridized carbons (Fsp3) is 0.423. The molecule has 0 N–H and O–H groups in total. The number of imidazole rings is 1. The number of halogens is 1. The summed E-state index contributed by atoms with van der Waals surface area (Å²) in [5.74, 6) is -0.581. The fourth-order valence-electron chi connectivity index (χ4n) is 3.92. The Morgan fingerprint density at radius 1 is 1.12 bits per heavy atom. The van der Waals surface area contributed by atoms with E-state index >= 15 is 0 Å². The maximum absolute atomic E-state index is 14.5. The molecule has 0 aliphatic carbocycles. The number of nitrogens with zero attached hydrogens (tertiary/aromatic N) is 5. The number of carbonyl (C=O) groups is 1. The van der Waals surface area contributed by atoms with Crippen molar-refractivity contribution >= 4 is 22.9 Å². The zero-order valence-electron chi connectivity index (χ0n) is 20.1. The number of rotatable bonds is 10. The Kier molecular flexibility index (Phi) is 8.20. The van der Waals surface area contributed by atoms with Gasteiger partial charge in [0.15, 0.2) is 11.5 Å². The van der Waals surface area contributed by atoms with E-state index in [1.807, 2.05) is 25.3 Å². The molecule has 3 heterocycles. The molecule has 0 spiro atoms. The van der Waals surface area contributed by atoms with Gasteiger partial charge in [-0.05, 0) is 38.0 Å². The largest absolute Gasteiger partial charge is 0.370 e. The number of hydrogen-bond donors (Lipinski definition) is 0. The van der Waals surface area contributed by atoms with Crippen LogP contribution in [0.5, 0.6) is 0 Å². The molecule has 0 aromatic carbocycles. The molecule has 3 aromatic heterocycles. The monoisotopic (exact) mass is 451 g/mol. The number of anilines is 1. The number of aromatic nitrogens is 3. The summed E-state index contributed by atoms with van der Waals surface area (Å²) < 4.78 is 17.7. The number of hydrogen-bond acceptors (Lipinski definition) is 4. The Hall–Kier alpha value is -3.22. The molecule has 0 aliphatic rings. The number of fused-ring (bicyclic) bond motifs is 1. The van der Waals surface area contributed by atoms with E-state index in [2.05, 4.69) is 35.3 Å². The van der Waals surface area contributed by atoms with Crippen LogP contribution in [-0.2, 0) is 0 Å². The number of aryl methyl sites for hydroxylation is 1. The highest BCUT2D eigenvalue weighted by molar-refractivity contribution is 5.77. The van der Waals surface area contributed by atoms with Crippen LogP contribution in [0.2, 0.25) is 0 Å². The van der Waals surface area contributed by atoms with Crippen LogP contribution in [0.15, 0.2) is 48.4 Å². The Labute approximate surface area is 195 Å². The summed E-state index contributed by atoms with van der Waals surface area (Å²) >= 11 is 0. The molecular weight excluding hydrogens is 417 g/mol. The number of unbranched alkanes of at least 4 members (excludes halogenated alkanes) is 3. The second-order valence-electron chi connectivity index (χ2n) is 8.43. The number of carbonyl (C=O) groups excluding carboxylic acids is 1. The van der Waals surface area contributed by atoms with Gasteiger partial charge in [-0.25, -0.2) is 14.4 Å². The lowest BCUT2D eigenvalue weighted by molar-refractivity contribution is 0.0931. The molecule has 0 unspecified atom stereocenters. The summed E-state index contributed by atoms with van der Waals surface area (Å²) in [6.07, 6.45) is 11.1. The first-order valence-corrected chi connectivity index (χ1v) is 11.7. The first-order chi connectivity index (χ1) is 15.8. The van der Waals surface area contributed by atoms with Crippen molar-refractivity contribution in [1.82, 2.24) is 14.0 Å². The van der Waals surface area contributed by atoms with Crippen molar-refractivity contribution in [1.29, 1.82) is 0 Å². The molecule has 0 saturated carbocycles. The van der Waals surface area contributed by atoms with Gasteiger partial charge in [-0.1, -0.05) is 39.7 Å². The third-order valence-electron chi connectivity index (χ3n) is 5.60. The molecule has 176 valence electrons. The zero-order valence-corrected chi connectivity index (χ0v) is 20.1. The SMILES string of the molecule is C=C(N=c1ccc(N(CCC)CCCCCC)cn1C(C)=O)c1cc(F)c2nc(C)cn2c1. The van der Waals surface area contributed by atoms with Crippen LogP contribution < -0.4 is 10.4 Å². The van der Waals surface area contributed by atoms with Crippen LogP contribution in [0, 0.1) is 12.7 Å². The Balaban J connectivity index is 1.93. The molecule has 0 bridgehead atoms. The van der Waals surface area contributed by atoms with E-state index in [4.69, 9.17) is 0 Å². The topological polar surface area (TPSA) is 54.9 Å². The molecule has 33 heavy (non-hydrogen) atoms. The van der Waals surface area contributed by atoms with Crippen molar-refractivity contribution in [2.45, 2.75) is 59.8 Å². The first-order valence-electron chi connectivity index (χ1n) is 11.7. The maximum Gasteiger partial charge on any atom is 0.229 e. The van der Waals surface area contributed by atoms with E-state index in [0.29, 0.717) is 16.7 Å². The summed E-state index contributed by atoms with van der Waals surface area (Å²) in [6.45, 7) is 13.6.